The lowest BCUT2D eigenvalue weighted by atomic mass is 9.75. The predicted molar refractivity (Wildman–Crippen MR) is 92.9 cm³/mol. The van der Waals surface area contributed by atoms with Gasteiger partial charge in [-0.2, -0.15) is 0 Å². The normalized spacial score (nSPS) is 25.1. The first-order valence-corrected chi connectivity index (χ1v) is 9.97. The summed E-state index contributed by atoms with van der Waals surface area (Å²) in [4.78, 5) is 0. The van der Waals surface area contributed by atoms with Crippen molar-refractivity contribution in [3.63, 3.8) is 0 Å². The summed E-state index contributed by atoms with van der Waals surface area (Å²) in [6.45, 7) is 8.33. The number of ether oxygens (including phenoxy) is 2. The Balaban J connectivity index is 2.25. The van der Waals surface area contributed by atoms with E-state index >= 15 is 0 Å². The molecule has 4 atom stereocenters. The SMILES string of the molecule is COc1c(OC2C[C@@H](C)CCC2C(C)C)cccc1O[P+](C)=O. The van der Waals surface area contributed by atoms with Crippen LogP contribution in [0.15, 0.2) is 18.2 Å². The van der Waals surface area contributed by atoms with Gasteiger partial charge in [-0.25, -0.2) is 0 Å². The molecule has 1 aliphatic rings. The smallest absolute Gasteiger partial charge is 0.490 e. The fraction of sp³-hybridized carbons (Fsp3) is 0.667. The van der Waals surface area contributed by atoms with Crippen LogP contribution in [0.4, 0.5) is 0 Å². The molecule has 3 unspecified atom stereocenters. The van der Waals surface area contributed by atoms with E-state index in [1.165, 1.54) is 19.5 Å². The molecule has 5 heteroatoms. The molecule has 1 aromatic rings. The largest absolute Gasteiger partial charge is 0.552 e. The number of rotatable bonds is 6. The topological polar surface area (TPSA) is 44.8 Å². The third-order valence-electron chi connectivity index (χ3n) is 4.61. The molecule has 0 saturated heterocycles. The monoisotopic (exact) mass is 339 g/mol. The minimum atomic E-state index is -1.74. The van der Waals surface area contributed by atoms with Gasteiger partial charge in [0.15, 0.2) is 12.4 Å². The van der Waals surface area contributed by atoms with Crippen molar-refractivity contribution < 1.29 is 18.6 Å². The maximum atomic E-state index is 11.4. The predicted octanol–water partition coefficient (Wildman–Crippen LogP) is 5.29. The minimum absolute atomic E-state index is 0.179. The van der Waals surface area contributed by atoms with Crippen LogP contribution in [0.2, 0.25) is 0 Å². The molecule has 0 N–H and O–H groups in total. The molecule has 128 valence electrons. The zero-order valence-electron chi connectivity index (χ0n) is 14.7. The molecule has 0 aliphatic heterocycles. The van der Waals surface area contributed by atoms with E-state index in [0.717, 1.165) is 6.42 Å². The maximum Gasteiger partial charge on any atom is 0.552 e. The van der Waals surface area contributed by atoms with Gasteiger partial charge in [0.05, 0.1) is 7.11 Å². The Morgan fingerprint density at radius 3 is 2.52 bits per heavy atom. The highest BCUT2D eigenvalue weighted by molar-refractivity contribution is 7.38. The molecule has 23 heavy (non-hydrogen) atoms. The fourth-order valence-corrected chi connectivity index (χ4v) is 3.83. The number of para-hydroxylation sites is 1. The summed E-state index contributed by atoms with van der Waals surface area (Å²) in [5.41, 5.74) is 0. The van der Waals surface area contributed by atoms with Gasteiger partial charge in [0.25, 0.3) is 0 Å². The Kier molecular flexibility index (Phi) is 6.29. The molecule has 1 aliphatic carbocycles. The van der Waals surface area contributed by atoms with Gasteiger partial charge in [0.2, 0.25) is 11.5 Å². The molecule has 1 fully saturated rings. The van der Waals surface area contributed by atoms with Crippen LogP contribution in [0.3, 0.4) is 0 Å². The maximum absolute atomic E-state index is 11.4. The summed E-state index contributed by atoms with van der Waals surface area (Å²) < 4.78 is 28.6. The second-order valence-corrected chi connectivity index (χ2v) is 7.86. The number of benzene rings is 1. The van der Waals surface area contributed by atoms with Gasteiger partial charge in [-0.3, -0.25) is 4.52 Å². The highest BCUT2D eigenvalue weighted by Gasteiger charge is 2.33. The van der Waals surface area contributed by atoms with E-state index < -0.39 is 8.03 Å². The van der Waals surface area contributed by atoms with Crippen LogP contribution in [0.25, 0.3) is 0 Å². The number of methoxy groups -OCH3 is 1. The molecule has 0 aromatic heterocycles. The number of hydrogen-bond donors (Lipinski definition) is 0. The molecule has 0 radical (unpaired) electrons. The first kappa shape index (κ1) is 18.1. The van der Waals surface area contributed by atoms with Crippen molar-refractivity contribution in [1.29, 1.82) is 0 Å². The molecule has 0 bridgehead atoms. The first-order valence-electron chi connectivity index (χ1n) is 8.34. The van der Waals surface area contributed by atoms with Gasteiger partial charge >= 0.3 is 8.03 Å². The van der Waals surface area contributed by atoms with E-state index in [9.17, 15) is 4.57 Å². The fourth-order valence-electron chi connectivity index (χ4n) is 3.41. The van der Waals surface area contributed by atoms with Crippen molar-refractivity contribution in [2.45, 2.75) is 46.1 Å². The van der Waals surface area contributed by atoms with Crippen LogP contribution in [-0.2, 0) is 4.57 Å². The third-order valence-corrected chi connectivity index (χ3v) is 5.07. The standard InChI is InChI=1S/C18H28O4P/c1-12(2)14-10-9-13(3)11-17(14)21-15-7-6-8-16(18(15)20-4)22-23(5)19/h6-8,12-14,17H,9-11H2,1-5H3/q+1/t13-,14?,17?/m0/s1. The zero-order chi connectivity index (χ0) is 17.0. The van der Waals surface area contributed by atoms with Crippen molar-refractivity contribution in [2.24, 2.45) is 17.8 Å². The van der Waals surface area contributed by atoms with E-state index in [-0.39, 0.29) is 6.10 Å². The van der Waals surface area contributed by atoms with Crippen LogP contribution in [0.5, 0.6) is 17.2 Å². The van der Waals surface area contributed by atoms with Gasteiger partial charge in [-0.15, -0.1) is 0 Å². The van der Waals surface area contributed by atoms with E-state index in [0.29, 0.717) is 35.0 Å². The van der Waals surface area contributed by atoms with Crippen molar-refractivity contribution in [3.8, 4) is 17.2 Å². The van der Waals surface area contributed by atoms with Gasteiger partial charge in [0, 0.05) is 0 Å². The molecular weight excluding hydrogens is 311 g/mol. The molecule has 4 nitrogen and oxygen atoms in total. The molecule has 1 aromatic carbocycles. The van der Waals surface area contributed by atoms with E-state index in [1.54, 1.807) is 13.2 Å². The lowest BCUT2D eigenvalue weighted by Crippen LogP contribution is -2.36. The molecular formula is C18H28O4P+. The first-order chi connectivity index (χ1) is 10.9. The van der Waals surface area contributed by atoms with Crippen LogP contribution in [-0.4, -0.2) is 19.9 Å². The van der Waals surface area contributed by atoms with E-state index in [1.807, 2.05) is 12.1 Å². The molecule has 0 heterocycles. The minimum Gasteiger partial charge on any atom is -0.490 e. The molecule has 0 spiro atoms. The molecule has 0 amide bonds. The van der Waals surface area contributed by atoms with Crippen molar-refractivity contribution in [3.05, 3.63) is 18.2 Å². The Morgan fingerprint density at radius 2 is 1.91 bits per heavy atom. The Hall–Kier alpha value is -1.28. The van der Waals surface area contributed by atoms with Crippen LogP contribution >= 0.6 is 8.03 Å². The van der Waals surface area contributed by atoms with Gasteiger partial charge < -0.3 is 9.47 Å². The summed E-state index contributed by atoms with van der Waals surface area (Å²) in [5, 5.41) is 0. The molecule has 1 saturated carbocycles. The van der Waals surface area contributed by atoms with Crippen LogP contribution in [0.1, 0.15) is 40.0 Å². The highest BCUT2D eigenvalue weighted by atomic mass is 31.1. The summed E-state index contributed by atoms with van der Waals surface area (Å²) in [7, 11) is -0.158. The average Bonchev–Trinajstić information content (AvgIpc) is 2.46. The average molecular weight is 339 g/mol. The van der Waals surface area contributed by atoms with E-state index in [4.69, 9.17) is 14.0 Å². The van der Waals surface area contributed by atoms with Crippen molar-refractivity contribution >= 4 is 8.03 Å². The second-order valence-electron chi connectivity index (χ2n) is 6.80. The Bertz CT molecular complexity index is 544. The quantitative estimate of drug-likeness (QED) is 0.661. The van der Waals surface area contributed by atoms with Crippen LogP contribution in [0, 0.1) is 17.8 Å². The van der Waals surface area contributed by atoms with Gasteiger partial charge in [-0.05, 0) is 47.3 Å². The zero-order valence-corrected chi connectivity index (χ0v) is 15.6. The number of hydrogen-bond acceptors (Lipinski definition) is 4. The van der Waals surface area contributed by atoms with Gasteiger partial charge in [0.1, 0.15) is 6.10 Å². The summed E-state index contributed by atoms with van der Waals surface area (Å²) >= 11 is 0. The van der Waals surface area contributed by atoms with E-state index in [2.05, 4.69) is 20.8 Å². The van der Waals surface area contributed by atoms with Gasteiger partial charge in [-0.1, -0.05) is 33.3 Å². The van der Waals surface area contributed by atoms with Crippen molar-refractivity contribution in [2.75, 3.05) is 13.8 Å². The summed E-state index contributed by atoms with van der Waals surface area (Å²) in [6, 6.07) is 5.50. The van der Waals surface area contributed by atoms with Crippen LogP contribution < -0.4 is 14.0 Å². The Labute approximate surface area is 140 Å². The lowest BCUT2D eigenvalue weighted by molar-refractivity contribution is 0.0439. The summed E-state index contributed by atoms with van der Waals surface area (Å²) in [6.07, 6.45) is 3.69. The highest BCUT2D eigenvalue weighted by Crippen LogP contribution is 2.43. The third kappa shape index (κ3) is 4.60. The molecule has 2 rings (SSSR count). The lowest BCUT2D eigenvalue weighted by Gasteiger charge is -2.37. The Morgan fingerprint density at radius 1 is 1.22 bits per heavy atom. The summed E-state index contributed by atoms with van der Waals surface area (Å²) in [5.74, 6) is 3.47. The second kappa shape index (κ2) is 8.01. The van der Waals surface area contributed by atoms with Crippen molar-refractivity contribution in [1.82, 2.24) is 0 Å².